The lowest BCUT2D eigenvalue weighted by molar-refractivity contribution is 0.0948. The van der Waals surface area contributed by atoms with Crippen molar-refractivity contribution in [2.45, 2.75) is 4.90 Å². The Hall–Kier alpha value is -3.74. The topological polar surface area (TPSA) is 104 Å². The maximum absolute atomic E-state index is 13.5. The van der Waals surface area contributed by atoms with Crippen LogP contribution in [0.2, 0.25) is 0 Å². The van der Waals surface area contributed by atoms with E-state index in [4.69, 9.17) is 4.74 Å². The Bertz CT molecular complexity index is 1570. The van der Waals surface area contributed by atoms with Gasteiger partial charge < -0.3 is 15.0 Å². The van der Waals surface area contributed by atoms with E-state index in [1.165, 1.54) is 48.8 Å². The zero-order valence-corrected chi connectivity index (χ0v) is 22.9. The van der Waals surface area contributed by atoms with Gasteiger partial charge in [-0.1, -0.05) is 17.4 Å². The molecule has 204 valence electrons. The van der Waals surface area contributed by atoms with Crippen molar-refractivity contribution >= 4 is 48.3 Å². The lowest BCUT2D eigenvalue weighted by Crippen LogP contribution is -2.48. The zero-order valence-electron chi connectivity index (χ0n) is 21.3. The van der Waals surface area contributed by atoms with Crippen LogP contribution in [0.5, 0.6) is 5.75 Å². The van der Waals surface area contributed by atoms with E-state index in [1.807, 2.05) is 0 Å². The molecule has 1 aliphatic rings. The average molecular weight is 570 g/mol. The fourth-order valence-electron chi connectivity index (χ4n) is 4.31. The lowest BCUT2D eigenvalue weighted by Gasteiger charge is -2.34. The molecule has 9 nitrogen and oxygen atoms in total. The van der Waals surface area contributed by atoms with Crippen LogP contribution in [-0.4, -0.2) is 70.6 Å². The van der Waals surface area contributed by atoms with E-state index >= 15 is 0 Å². The molecule has 0 aliphatic carbocycles. The van der Waals surface area contributed by atoms with Crippen LogP contribution in [0.3, 0.4) is 0 Å². The second-order valence-corrected chi connectivity index (χ2v) is 11.7. The Labute approximate surface area is 230 Å². The predicted molar refractivity (Wildman–Crippen MR) is 151 cm³/mol. The molecule has 1 amide bonds. The third-order valence-corrected chi connectivity index (χ3v) is 8.92. The molecule has 2 heterocycles. The first-order chi connectivity index (χ1) is 18.8. The Morgan fingerprint density at radius 1 is 1.05 bits per heavy atom. The normalized spacial score (nSPS) is 14.4. The van der Waals surface area contributed by atoms with Crippen molar-refractivity contribution in [2.75, 3.05) is 56.0 Å². The summed E-state index contributed by atoms with van der Waals surface area (Å²) in [4.78, 5) is 21.9. The van der Waals surface area contributed by atoms with Crippen LogP contribution in [0.4, 0.5) is 15.2 Å². The van der Waals surface area contributed by atoms with E-state index in [0.717, 1.165) is 41.5 Å². The summed E-state index contributed by atoms with van der Waals surface area (Å²) in [5.41, 5.74) is 1.47. The number of piperazine rings is 1. The van der Waals surface area contributed by atoms with Gasteiger partial charge in [0, 0.05) is 50.5 Å². The minimum Gasteiger partial charge on any atom is -0.497 e. The Morgan fingerprint density at radius 2 is 1.82 bits per heavy atom. The van der Waals surface area contributed by atoms with Gasteiger partial charge in [0.25, 0.3) is 15.9 Å². The van der Waals surface area contributed by atoms with Gasteiger partial charge in [0.05, 0.1) is 22.2 Å². The number of halogens is 1. The molecule has 0 saturated carbocycles. The van der Waals surface area contributed by atoms with Crippen molar-refractivity contribution < 1.29 is 22.3 Å². The Balaban J connectivity index is 1.10. The number of benzene rings is 3. The number of anilines is 2. The second kappa shape index (κ2) is 11.6. The van der Waals surface area contributed by atoms with Crippen LogP contribution in [0.25, 0.3) is 10.2 Å². The standard InChI is InChI=1S/C27H28FN5O4S2/c1-37-22-6-8-23(9-7-22)39(35,36)31-21-4-2-3-19(17-21)26(34)29-11-12-32-13-15-33(16-14-32)27-30-24-10-5-20(28)18-25(24)38-27/h2-10,17-18,31H,11-16H2,1H3,(H,29,34). The first kappa shape index (κ1) is 26.9. The Morgan fingerprint density at radius 3 is 2.56 bits per heavy atom. The van der Waals surface area contributed by atoms with E-state index in [9.17, 15) is 17.6 Å². The average Bonchev–Trinajstić information content (AvgIpc) is 3.36. The summed E-state index contributed by atoms with van der Waals surface area (Å²) >= 11 is 1.49. The first-order valence-corrected chi connectivity index (χ1v) is 14.7. The SMILES string of the molecule is COc1ccc(S(=O)(=O)Nc2cccc(C(=O)NCCN3CCN(c4nc5ccc(F)cc5s4)CC3)c2)cc1. The number of ether oxygens (including phenoxy) is 1. The largest absolute Gasteiger partial charge is 0.497 e. The molecule has 5 rings (SSSR count). The van der Waals surface area contributed by atoms with Gasteiger partial charge in [-0.25, -0.2) is 17.8 Å². The number of nitrogens with zero attached hydrogens (tertiary/aromatic N) is 3. The summed E-state index contributed by atoms with van der Waals surface area (Å²) in [6, 6.07) is 17.1. The van der Waals surface area contributed by atoms with Crippen LogP contribution in [0, 0.1) is 5.82 Å². The van der Waals surface area contributed by atoms with Crippen LogP contribution in [0.1, 0.15) is 10.4 Å². The van der Waals surface area contributed by atoms with Gasteiger partial charge in [0.2, 0.25) is 0 Å². The third kappa shape index (κ3) is 6.47. The molecule has 3 aromatic carbocycles. The molecule has 0 bridgehead atoms. The van der Waals surface area contributed by atoms with Crippen LogP contribution in [0.15, 0.2) is 71.6 Å². The molecule has 12 heteroatoms. The van der Waals surface area contributed by atoms with E-state index in [0.29, 0.717) is 30.1 Å². The van der Waals surface area contributed by atoms with Crippen LogP contribution < -0.4 is 19.7 Å². The van der Waals surface area contributed by atoms with Gasteiger partial charge in [0.1, 0.15) is 11.6 Å². The number of aromatic nitrogens is 1. The number of fused-ring (bicyclic) bond motifs is 1. The van der Waals surface area contributed by atoms with Crippen molar-refractivity contribution in [1.82, 2.24) is 15.2 Å². The number of thiazole rings is 1. The summed E-state index contributed by atoms with van der Waals surface area (Å²) < 4.78 is 47.4. The van der Waals surface area contributed by atoms with Crippen molar-refractivity contribution in [3.05, 3.63) is 78.1 Å². The summed E-state index contributed by atoms with van der Waals surface area (Å²) in [5, 5.41) is 3.81. The van der Waals surface area contributed by atoms with Gasteiger partial charge in [-0.05, 0) is 60.7 Å². The van der Waals surface area contributed by atoms with Gasteiger partial charge in [-0.2, -0.15) is 0 Å². The molecular formula is C27H28FN5O4S2. The number of hydrogen-bond donors (Lipinski definition) is 2. The summed E-state index contributed by atoms with van der Waals surface area (Å²) in [6.45, 7) is 4.39. The molecule has 0 spiro atoms. The van der Waals surface area contributed by atoms with Gasteiger partial charge in [-0.15, -0.1) is 0 Å². The van der Waals surface area contributed by atoms with Crippen LogP contribution in [-0.2, 0) is 10.0 Å². The highest BCUT2D eigenvalue weighted by atomic mass is 32.2. The van der Waals surface area contributed by atoms with Crippen molar-refractivity contribution in [3.63, 3.8) is 0 Å². The Kier molecular flexibility index (Phi) is 7.96. The first-order valence-electron chi connectivity index (χ1n) is 12.4. The molecule has 1 fully saturated rings. The molecule has 0 radical (unpaired) electrons. The van der Waals surface area contributed by atoms with Gasteiger partial charge in [-0.3, -0.25) is 14.4 Å². The highest BCUT2D eigenvalue weighted by Gasteiger charge is 2.20. The third-order valence-electron chi connectivity index (χ3n) is 6.44. The predicted octanol–water partition coefficient (Wildman–Crippen LogP) is 3.80. The molecule has 2 N–H and O–H groups in total. The van der Waals surface area contributed by atoms with E-state index in [1.54, 1.807) is 36.4 Å². The number of rotatable bonds is 9. The van der Waals surface area contributed by atoms with Crippen molar-refractivity contribution in [1.29, 1.82) is 0 Å². The molecule has 1 aromatic heterocycles. The smallest absolute Gasteiger partial charge is 0.261 e. The van der Waals surface area contributed by atoms with Crippen molar-refractivity contribution in [2.24, 2.45) is 0 Å². The minimum atomic E-state index is -3.81. The second-order valence-electron chi connectivity index (χ2n) is 9.05. The minimum absolute atomic E-state index is 0.0929. The molecule has 1 aliphatic heterocycles. The van der Waals surface area contributed by atoms with E-state index < -0.39 is 10.0 Å². The molecule has 0 unspecified atom stereocenters. The maximum Gasteiger partial charge on any atom is 0.261 e. The van der Waals surface area contributed by atoms with E-state index in [-0.39, 0.29) is 16.6 Å². The number of carbonyl (C=O) groups excluding carboxylic acids is 1. The number of amides is 1. The quantitative estimate of drug-likeness (QED) is 0.316. The van der Waals surface area contributed by atoms with Crippen LogP contribution >= 0.6 is 11.3 Å². The number of hydrogen-bond acceptors (Lipinski definition) is 8. The summed E-state index contributed by atoms with van der Waals surface area (Å²) in [6.07, 6.45) is 0. The molecule has 4 aromatic rings. The van der Waals surface area contributed by atoms with Gasteiger partial charge in [0.15, 0.2) is 5.13 Å². The molecule has 1 saturated heterocycles. The molecule has 39 heavy (non-hydrogen) atoms. The zero-order chi connectivity index (χ0) is 27.4. The van der Waals surface area contributed by atoms with E-state index in [2.05, 4.69) is 24.8 Å². The number of carbonyl (C=O) groups is 1. The fourth-order valence-corrected chi connectivity index (χ4v) is 6.40. The number of nitrogens with one attached hydrogen (secondary N) is 2. The molecule has 0 atom stereocenters. The number of methoxy groups -OCH3 is 1. The monoisotopic (exact) mass is 569 g/mol. The van der Waals surface area contributed by atoms with Gasteiger partial charge >= 0.3 is 0 Å². The van der Waals surface area contributed by atoms with Crippen molar-refractivity contribution in [3.8, 4) is 5.75 Å². The highest BCUT2D eigenvalue weighted by Crippen LogP contribution is 2.30. The fraction of sp³-hybridized carbons (Fsp3) is 0.259. The number of sulfonamides is 1. The summed E-state index contributed by atoms with van der Waals surface area (Å²) in [7, 11) is -2.31. The maximum atomic E-state index is 13.5. The molecular weight excluding hydrogens is 541 g/mol. The summed E-state index contributed by atoms with van der Waals surface area (Å²) in [5.74, 6) is 0.0208. The highest BCUT2D eigenvalue weighted by molar-refractivity contribution is 7.92. The lowest BCUT2D eigenvalue weighted by atomic mass is 10.2.